The maximum atomic E-state index is 5.92. The first-order chi connectivity index (χ1) is 4.93. The van der Waals surface area contributed by atoms with Gasteiger partial charge in [-0.05, 0) is 13.8 Å². The maximum Gasteiger partial charge on any atom is 0.351 e. The third-order valence-corrected chi connectivity index (χ3v) is 5.38. The predicted molar refractivity (Wildman–Crippen MR) is 54.6 cm³/mol. The molecule has 0 spiro atoms. The predicted octanol–water partition coefficient (Wildman–Crippen LogP) is 3.92. The molecule has 0 nitrogen and oxygen atoms in total. The minimum Gasteiger partial charge on any atom is -0.125 e. The standard InChI is InChI=1S/C7H9Cl3Si/c1-5-3-4-6(2)7(5)11(8,9)10/h3-4,7H,1-2H3. The lowest BCUT2D eigenvalue weighted by molar-refractivity contribution is 1.13. The van der Waals surface area contributed by atoms with Gasteiger partial charge >= 0.3 is 6.00 Å². The van der Waals surface area contributed by atoms with E-state index in [4.69, 9.17) is 33.2 Å². The molecule has 0 N–H and O–H groups in total. The summed E-state index contributed by atoms with van der Waals surface area (Å²) in [6, 6.07) is -2.57. The van der Waals surface area contributed by atoms with Crippen molar-refractivity contribution in [2.45, 2.75) is 19.4 Å². The summed E-state index contributed by atoms with van der Waals surface area (Å²) in [4.78, 5) is 0. The Morgan fingerprint density at radius 2 is 1.45 bits per heavy atom. The first kappa shape index (κ1) is 9.65. The van der Waals surface area contributed by atoms with E-state index in [2.05, 4.69) is 0 Å². The van der Waals surface area contributed by atoms with E-state index >= 15 is 0 Å². The highest BCUT2D eigenvalue weighted by Crippen LogP contribution is 2.46. The van der Waals surface area contributed by atoms with Crippen LogP contribution in [0.25, 0.3) is 0 Å². The van der Waals surface area contributed by atoms with E-state index < -0.39 is 6.00 Å². The first-order valence-corrected chi connectivity index (χ1v) is 8.46. The normalized spacial score (nSPS) is 20.1. The van der Waals surface area contributed by atoms with Crippen LogP contribution in [0.3, 0.4) is 0 Å². The fourth-order valence-corrected chi connectivity index (χ4v) is 5.65. The Balaban J connectivity index is 2.89. The van der Waals surface area contributed by atoms with Gasteiger partial charge < -0.3 is 0 Å². The van der Waals surface area contributed by atoms with Crippen LogP contribution in [0, 0.1) is 0 Å². The zero-order valence-electron chi connectivity index (χ0n) is 6.37. The minimum absolute atomic E-state index is 0.104. The molecule has 62 valence electrons. The summed E-state index contributed by atoms with van der Waals surface area (Å²) in [5, 5.41) is 0. The SMILES string of the molecule is CC1=CC=C(C)C1[Si](Cl)(Cl)Cl. The molecule has 0 atom stereocenters. The van der Waals surface area contributed by atoms with Crippen molar-refractivity contribution < 1.29 is 0 Å². The Morgan fingerprint density at radius 1 is 1.09 bits per heavy atom. The summed E-state index contributed by atoms with van der Waals surface area (Å²) in [6.45, 7) is 4.01. The third-order valence-electron chi connectivity index (χ3n) is 1.85. The summed E-state index contributed by atoms with van der Waals surface area (Å²) in [6.07, 6.45) is 4.05. The van der Waals surface area contributed by atoms with Crippen molar-refractivity contribution >= 4 is 39.2 Å². The van der Waals surface area contributed by atoms with E-state index in [1.807, 2.05) is 26.0 Å². The molecule has 0 unspecified atom stereocenters. The van der Waals surface area contributed by atoms with Crippen LogP contribution in [0.1, 0.15) is 13.8 Å². The molecule has 0 heterocycles. The van der Waals surface area contributed by atoms with Crippen LogP contribution in [0.2, 0.25) is 5.54 Å². The van der Waals surface area contributed by atoms with Gasteiger partial charge in [0.15, 0.2) is 0 Å². The Morgan fingerprint density at radius 3 is 1.64 bits per heavy atom. The maximum absolute atomic E-state index is 5.92. The highest BCUT2D eigenvalue weighted by Gasteiger charge is 2.40. The average molecular weight is 228 g/mol. The topological polar surface area (TPSA) is 0 Å². The van der Waals surface area contributed by atoms with Gasteiger partial charge in [-0.25, -0.2) is 0 Å². The fourth-order valence-electron chi connectivity index (χ4n) is 1.33. The summed E-state index contributed by atoms with van der Waals surface area (Å²) in [5.74, 6) is 0. The molecule has 1 aliphatic carbocycles. The summed E-state index contributed by atoms with van der Waals surface area (Å²) >= 11 is 17.8. The molecule has 0 amide bonds. The van der Waals surface area contributed by atoms with Gasteiger partial charge in [0.05, 0.1) is 0 Å². The molecule has 0 aromatic rings. The lowest BCUT2D eigenvalue weighted by atomic mass is 10.2. The van der Waals surface area contributed by atoms with Crippen LogP contribution in [0.15, 0.2) is 23.3 Å². The van der Waals surface area contributed by atoms with Crippen molar-refractivity contribution in [1.82, 2.24) is 0 Å². The molecule has 11 heavy (non-hydrogen) atoms. The van der Waals surface area contributed by atoms with Crippen LogP contribution in [-0.4, -0.2) is 6.00 Å². The molecule has 4 heteroatoms. The zero-order chi connectivity index (χ0) is 8.65. The van der Waals surface area contributed by atoms with Gasteiger partial charge in [-0.2, -0.15) is 0 Å². The number of halogens is 3. The van der Waals surface area contributed by atoms with Gasteiger partial charge in [-0.15, -0.1) is 33.2 Å². The van der Waals surface area contributed by atoms with Gasteiger partial charge in [-0.3, -0.25) is 0 Å². The lowest BCUT2D eigenvalue weighted by Crippen LogP contribution is -2.20. The van der Waals surface area contributed by atoms with Crippen molar-refractivity contribution in [3.05, 3.63) is 23.3 Å². The van der Waals surface area contributed by atoms with Crippen molar-refractivity contribution in [1.29, 1.82) is 0 Å². The molecular formula is C7H9Cl3Si. The monoisotopic (exact) mass is 226 g/mol. The number of allylic oxidation sites excluding steroid dienone is 4. The molecule has 0 bridgehead atoms. The quantitative estimate of drug-likeness (QED) is 0.471. The summed E-state index contributed by atoms with van der Waals surface area (Å²) in [5.41, 5.74) is 2.45. The van der Waals surface area contributed by atoms with Crippen LogP contribution in [0.4, 0.5) is 0 Å². The Bertz CT molecular complexity index is 206. The second-order valence-corrected chi connectivity index (χ2v) is 11.6. The van der Waals surface area contributed by atoms with Crippen LogP contribution in [0.5, 0.6) is 0 Å². The second kappa shape index (κ2) is 3.13. The molecule has 0 aliphatic heterocycles. The molecule has 0 fully saturated rings. The van der Waals surface area contributed by atoms with Crippen LogP contribution < -0.4 is 0 Å². The Kier molecular flexibility index (Phi) is 2.75. The van der Waals surface area contributed by atoms with E-state index in [1.54, 1.807) is 0 Å². The number of rotatable bonds is 1. The summed E-state index contributed by atoms with van der Waals surface area (Å²) < 4.78 is 0. The highest BCUT2D eigenvalue weighted by atomic mass is 35.8. The number of hydrogen-bond acceptors (Lipinski definition) is 0. The van der Waals surface area contributed by atoms with E-state index in [0.717, 1.165) is 0 Å². The first-order valence-electron chi connectivity index (χ1n) is 3.34. The molecule has 1 rings (SSSR count). The van der Waals surface area contributed by atoms with E-state index in [-0.39, 0.29) is 5.54 Å². The Hall–Kier alpha value is 0.567. The van der Waals surface area contributed by atoms with Gasteiger partial charge in [0.2, 0.25) is 0 Å². The molecule has 1 aliphatic rings. The second-order valence-electron chi connectivity index (χ2n) is 2.80. The number of hydrogen-bond donors (Lipinski definition) is 0. The van der Waals surface area contributed by atoms with Crippen molar-refractivity contribution in [3.8, 4) is 0 Å². The largest absolute Gasteiger partial charge is 0.351 e. The zero-order valence-corrected chi connectivity index (χ0v) is 9.63. The van der Waals surface area contributed by atoms with Crippen molar-refractivity contribution in [2.24, 2.45) is 0 Å². The van der Waals surface area contributed by atoms with Gasteiger partial charge in [0.25, 0.3) is 0 Å². The molecular weight excluding hydrogens is 219 g/mol. The lowest BCUT2D eigenvalue weighted by Gasteiger charge is -2.20. The van der Waals surface area contributed by atoms with Gasteiger partial charge in [0, 0.05) is 5.54 Å². The fraction of sp³-hybridized carbons (Fsp3) is 0.429. The molecule has 0 saturated heterocycles. The van der Waals surface area contributed by atoms with E-state index in [0.29, 0.717) is 0 Å². The van der Waals surface area contributed by atoms with Crippen LogP contribution in [-0.2, 0) is 0 Å². The van der Waals surface area contributed by atoms with Crippen LogP contribution >= 0.6 is 33.2 Å². The molecule has 0 aromatic carbocycles. The smallest absolute Gasteiger partial charge is 0.125 e. The molecule has 0 saturated carbocycles. The average Bonchev–Trinajstić information content (AvgIpc) is 2.08. The van der Waals surface area contributed by atoms with Crippen molar-refractivity contribution in [3.63, 3.8) is 0 Å². The van der Waals surface area contributed by atoms with E-state index in [1.165, 1.54) is 11.1 Å². The summed E-state index contributed by atoms with van der Waals surface area (Å²) in [7, 11) is 0. The Labute approximate surface area is 82.0 Å². The van der Waals surface area contributed by atoms with Crippen molar-refractivity contribution in [2.75, 3.05) is 0 Å². The molecule has 0 radical (unpaired) electrons. The van der Waals surface area contributed by atoms with Gasteiger partial charge in [-0.1, -0.05) is 23.3 Å². The molecule has 0 aromatic heterocycles. The highest BCUT2D eigenvalue weighted by molar-refractivity contribution is 7.65. The third kappa shape index (κ3) is 2.03. The minimum atomic E-state index is -2.57. The van der Waals surface area contributed by atoms with Gasteiger partial charge in [0.1, 0.15) is 0 Å². The van der Waals surface area contributed by atoms with E-state index in [9.17, 15) is 0 Å².